The zero-order valence-corrected chi connectivity index (χ0v) is 18.8. The summed E-state index contributed by atoms with van der Waals surface area (Å²) < 4.78 is 27.1. The Bertz CT molecular complexity index is 843. The van der Waals surface area contributed by atoms with Gasteiger partial charge in [0.05, 0.1) is 6.26 Å². The van der Waals surface area contributed by atoms with E-state index in [2.05, 4.69) is 29.8 Å². The number of nitrogens with one attached hydrogen (secondary N) is 1. The molecule has 0 spiro atoms. The van der Waals surface area contributed by atoms with E-state index < -0.39 is 10.0 Å². The lowest BCUT2D eigenvalue weighted by Gasteiger charge is -2.30. The lowest BCUT2D eigenvalue weighted by atomic mass is 9.95. The van der Waals surface area contributed by atoms with Crippen LogP contribution >= 0.6 is 0 Å². The fourth-order valence-electron chi connectivity index (χ4n) is 4.79. The standard InChI is InChI=1S/C22H35N3O3S/c1-17-15-20(18(2)25(17)21-7-5-4-6-8-21)9-10-22(26)23-16-19-11-13-24(14-12-19)29(3,27)28/h9-10,15,19,21H,4-8,11-14,16H2,1-3H3,(H,23,26)/b10-9+. The molecule has 1 N–H and O–H groups in total. The summed E-state index contributed by atoms with van der Waals surface area (Å²) in [5.41, 5.74) is 3.63. The summed E-state index contributed by atoms with van der Waals surface area (Å²) in [4.78, 5) is 12.3. The van der Waals surface area contributed by atoms with Gasteiger partial charge < -0.3 is 9.88 Å². The third kappa shape index (κ3) is 5.72. The summed E-state index contributed by atoms with van der Waals surface area (Å²) in [5.74, 6) is 0.250. The van der Waals surface area contributed by atoms with Gasteiger partial charge in [0.2, 0.25) is 15.9 Å². The van der Waals surface area contributed by atoms with Gasteiger partial charge in [-0.25, -0.2) is 12.7 Å². The SMILES string of the molecule is Cc1cc(/C=C/C(=O)NCC2CCN(S(C)(=O)=O)CC2)c(C)n1C1CCCCC1. The number of aryl methyl sites for hydroxylation is 1. The van der Waals surface area contributed by atoms with Crippen molar-refractivity contribution in [3.63, 3.8) is 0 Å². The molecule has 3 rings (SSSR count). The van der Waals surface area contributed by atoms with E-state index in [-0.39, 0.29) is 5.91 Å². The van der Waals surface area contributed by atoms with Gasteiger partial charge in [0.1, 0.15) is 0 Å². The normalized spacial score (nSPS) is 20.4. The molecule has 1 saturated heterocycles. The molecule has 1 aromatic heterocycles. The minimum atomic E-state index is -3.10. The summed E-state index contributed by atoms with van der Waals surface area (Å²) in [5, 5.41) is 2.98. The van der Waals surface area contributed by atoms with Crippen LogP contribution in [0.4, 0.5) is 0 Å². The summed E-state index contributed by atoms with van der Waals surface area (Å²) in [6, 6.07) is 2.77. The van der Waals surface area contributed by atoms with Crippen molar-refractivity contribution in [1.29, 1.82) is 0 Å². The largest absolute Gasteiger partial charge is 0.352 e. The molecule has 1 amide bonds. The fourth-order valence-corrected chi connectivity index (χ4v) is 5.66. The second-order valence-electron chi connectivity index (χ2n) is 8.67. The lowest BCUT2D eigenvalue weighted by molar-refractivity contribution is -0.116. The van der Waals surface area contributed by atoms with Crippen molar-refractivity contribution in [3.05, 3.63) is 29.1 Å². The van der Waals surface area contributed by atoms with Crippen molar-refractivity contribution in [3.8, 4) is 0 Å². The highest BCUT2D eigenvalue weighted by Gasteiger charge is 2.25. The lowest BCUT2D eigenvalue weighted by Crippen LogP contribution is -2.40. The molecule has 1 saturated carbocycles. The van der Waals surface area contributed by atoms with Gasteiger partial charge in [-0.15, -0.1) is 0 Å². The van der Waals surface area contributed by atoms with Crippen LogP contribution < -0.4 is 5.32 Å². The van der Waals surface area contributed by atoms with Crippen molar-refractivity contribution >= 4 is 22.0 Å². The van der Waals surface area contributed by atoms with Crippen LogP contribution in [-0.4, -0.2) is 49.1 Å². The molecule has 162 valence electrons. The van der Waals surface area contributed by atoms with Gasteiger partial charge in [-0.3, -0.25) is 4.79 Å². The molecule has 0 bridgehead atoms. The van der Waals surface area contributed by atoms with Crippen LogP contribution in [0.15, 0.2) is 12.1 Å². The number of nitrogens with zero attached hydrogens (tertiary/aromatic N) is 2. The maximum Gasteiger partial charge on any atom is 0.244 e. The fraction of sp³-hybridized carbons (Fsp3) is 0.682. The number of piperidine rings is 1. The quantitative estimate of drug-likeness (QED) is 0.716. The Morgan fingerprint density at radius 1 is 1.14 bits per heavy atom. The molecule has 0 aromatic carbocycles. The Hall–Kier alpha value is -1.60. The Labute approximate surface area is 175 Å². The first-order valence-electron chi connectivity index (χ1n) is 10.8. The van der Waals surface area contributed by atoms with E-state index in [1.165, 1.54) is 54.1 Å². The van der Waals surface area contributed by atoms with Gasteiger partial charge >= 0.3 is 0 Å². The molecule has 1 aliphatic carbocycles. The highest BCUT2D eigenvalue weighted by atomic mass is 32.2. The molecule has 0 unspecified atom stereocenters. The Balaban J connectivity index is 1.51. The molecule has 2 aliphatic rings. The van der Waals surface area contributed by atoms with Crippen molar-refractivity contribution in [2.45, 2.75) is 64.8 Å². The first kappa shape index (κ1) is 22.1. The van der Waals surface area contributed by atoms with E-state index in [0.717, 1.165) is 18.4 Å². The van der Waals surface area contributed by atoms with Crippen LogP contribution in [0.3, 0.4) is 0 Å². The van der Waals surface area contributed by atoms with Crippen LogP contribution in [0.25, 0.3) is 6.08 Å². The first-order chi connectivity index (χ1) is 13.8. The van der Waals surface area contributed by atoms with E-state index >= 15 is 0 Å². The maximum absolute atomic E-state index is 12.3. The Morgan fingerprint density at radius 3 is 2.41 bits per heavy atom. The third-order valence-electron chi connectivity index (χ3n) is 6.49. The van der Waals surface area contributed by atoms with Gasteiger partial charge in [-0.2, -0.15) is 0 Å². The van der Waals surface area contributed by atoms with Crippen LogP contribution in [-0.2, 0) is 14.8 Å². The van der Waals surface area contributed by atoms with Crippen molar-refractivity contribution in [2.24, 2.45) is 5.92 Å². The van der Waals surface area contributed by atoms with E-state index in [1.54, 1.807) is 6.08 Å². The van der Waals surface area contributed by atoms with E-state index in [4.69, 9.17) is 0 Å². The van der Waals surface area contributed by atoms with Crippen molar-refractivity contribution in [2.75, 3.05) is 25.9 Å². The average Bonchev–Trinajstić information content (AvgIpc) is 2.98. The van der Waals surface area contributed by atoms with Crippen molar-refractivity contribution in [1.82, 2.24) is 14.2 Å². The van der Waals surface area contributed by atoms with E-state index in [0.29, 0.717) is 31.6 Å². The zero-order chi connectivity index (χ0) is 21.0. The highest BCUT2D eigenvalue weighted by molar-refractivity contribution is 7.88. The third-order valence-corrected chi connectivity index (χ3v) is 7.79. The molecule has 1 aromatic rings. The summed E-state index contributed by atoms with van der Waals surface area (Å²) in [7, 11) is -3.10. The molecule has 6 nitrogen and oxygen atoms in total. The number of sulfonamides is 1. The smallest absolute Gasteiger partial charge is 0.244 e. The maximum atomic E-state index is 12.3. The summed E-state index contributed by atoms with van der Waals surface area (Å²) in [6.07, 6.45) is 12.8. The van der Waals surface area contributed by atoms with Gasteiger partial charge in [-0.05, 0) is 63.2 Å². The van der Waals surface area contributed by atoms with Crippen LogP contribution in [0.5, 0.6) is 0 Å². The number of rotatable bonds is 6. The zero-order valence-electron chi connectivity index (χ0n) is 18.0. The number of hydrogen-bond acceptors (Lipinski definition) is 3. The van der Waals surface area contributed by atoms with E-state index in [9.17, 15) is 13.2 Å². The Kier molecular flexibility index (Phi) is 7.22. The second-order valence-corrected chi connectivity index (χ2v) is 10.7. The summed E-state index contributed by atoms with van der Waals surface area (Å²) in [6.45, 7) is 5.99. The molecule has 29 heavy (non-hydrogen) atoms. The second kappa shape index (κ2) is 9.47. The number of carbonyl (C=O) groups is 1. The summed E-state index contributed by atoms with van der Waals surface area (Å²) >= 11 is 0. The molecule has 2 fully saturated rings. The van der Waals surface area contributed by atoms with Crippen LogP contribution in [0.1, 0.15) is 67.9 Å². The van der Waals surface area contributed by atoms with E-state index in [1.807, 2.05) is 6.08 Å². The predicted molar refractivity (Wildman–Crippen MR) is 117 cm³/mol. The molecule has 0 radical (unpaired) electrons. The average molecular weight is 422 g/mol. The topological polar surface area (TPSA) is 71.4 Å². The van der Waals surface area contributed by atoms with Gasteiger partial charge in [-0.1, -0.05) is 19.3 Å². The highest BCUT2D eigenvalue weighted by Crippen LogP contribution is 2.32. The van der Waals surface area contributed by atoms with Crippen molar-refractivity contribution < 1.29 is 13.2 Å². The monoisotopic (exact) mass is 421 g/mol. The molecule has 0 atom stereocenters. The molecular formula is C22H35N3O3S. The molecule has 7 heteroatoms. The minimum Gasteiger partial charge on any atom is -0.352 e. The molecule has 2 heterocycles. The minimum absolute atomic E-state index is 0.0852. The Morgan fingerprint density at radius 2 is 1.79 bits per heavy atom. The van der Waals surface area contributed by atoms with Gasteiger partial charge in [0.15, 0.2) is 0 Å². The number of carbonyl (C=O) groups excluding carboxylic acids is 1. The van der Waals surface area contributed by atoms with Gasteiger partial charge in [0.25, 0.3) is 0 Å². The molecular weight excluding hydrogens is 386 g/mol. The molecule has 1 aliphatic heterocycles. The van der Waals surface area contributed by atoms with Crippen LogP contribution in [0, 0.1) is 19.8 Å². The van der Waals surface area contributed by atoms with Gasteiger partial charge in [0, 0.05) is 43.1 Å². The number of aromatic nitrogens is 1. The van der Waals surface area contributed by atoms with Crippen LogP contribution in [0.2, 0.25) is 0 Å². The number of hydrogen-bond donors (Lipinski definition) is 1. The number of amides is 1. The predicted octanol–water partition coefficient (Wildman–Crippen LogP) is 3.41. The first-order valence-corrected chi connectivity index (χ1v) is 12.7.